The number of aliphatic hydroxyl groups is 2. The third kappa shape index (κ3) is 32.0. The second-order valence-corrected chi connectivity index (χ2v) is 13.0. The Labute approximate surface area is 274 Å². The third-order valence-electron chi connectivity index (χ3n) is 8.60. The summed E-state index contributed by atoms with van der Waals surface area (Å²) < 4.78 is 0. The highest BCUT2D eigenvalue weighted by Crippen LogP contribution is 2.15. The number of allylic oxidation sites excluding steroid dienone is 5. The van der Waals surface area contributed by atoms with Crippen molar-refractivity contribution in [2.24, 2.45) is 0 Å². The molecule has 0 spiro atoms. The van der Waals surface area contributed by atoms with Crippen LogP contribution in [0.25, 0.3) is 0 Å². The number of hydrogen-bond acceptors (Lipinski definition) is 3. The van der Waals surface area contributed by atoms with E-state index in [2.05, 4.69) is 43.5 Å². The van der Waals surface area contributed by atoms with E-state index in [1.165, 1.54) is 135 Å². The van der Waals surface area contributed by atoms with Crippen LogP contribution in [-0.2, 0) is 4.79 Å². The van der Waals surface area contributed by atoms with Gasteiger partial charge in [-0.2, -0.15) is 0 Å². The molecule has 258 valence electrons. The Morgan fingerprint density at radius 3 is 1.32 bits per heavy atom. The highest BCUT2D eigenvalue weighted by Gasteiger charge is 2.17. The van der Waals surface area contributed by atoms with Crippen molar-refractivity contribution in [3.05, 3.63) is 36.5 Å². The minimum absolute atomic E-state index is 0.0778. The summed E-state index contributed by atoms with van der Waals surface area (Å²) in [6, 6.07) is -0.640. The summed E-state index contributed by atoms with van der Waals surface area (Å²) >= 11 is 0. The lowest BCUT2D eigenvalue weighted by Gasteiger charge is -2.19. The van der Waals surface area contributed by atoms with E-state index in [-0.39, 0.29) is 12.5 Å². The highest BCUT2D eigenvalue weighted by atomic mass is 16.3. The van der Waals surface area contributed by atoms with Gasteiger partial charge < -0.3 is 15.5 Å². The molecule has 0 bridgehead atoms. The summed E-state index contributed by atoms with van der Waals surface area (Å²) in [5.74, 6) is -0.0778. The summed E-state index contributed by atoms with van der Waals surface area (Å²) in [6.45, 7) is 4.27. The van der Waals surface area contributed by atoms with Crippen LogP contribution in [0.1, 0.15) is 194 Å². The average Bonchev–Trinajstić information content (AvgIpc) is 3.03. The number of nitrogens with one attached hydrogen (secondary N) is 1. The SMILES string of the molecule is CCCCCC/C=C/CC/C=C/CC/C=C/C(O)C(CO)NC(=O)CCCCCCCCCCCCCCCCCCCC. The predicted octanol–water partition coefficient (Wildman–Crippen LogP) is 11.5. The molecule has 44 heavy (non-hydrogen) atoms. The summed E-state index contributed by atoms with van der Waals surface area (Å²) in [6.07, 6.45) is 46.6. The highest BCUT2D eigenvalue weighted by molar-refractivity contribution is 5.76. The maximum absolute atomic E-state index is 12.3. The zero-order valence-electron chi connectivity index (χ0n) is 29.4. The molecule has 0 fully saturated rings. The Morgan fingerprint density at radius 1 is 0.523 bits per heavy atom. The zero-order valence-corrected chi connectivity index (χ0v) is 29.4. The van der Waals surface area contributed by atoms with E-state index in [0.717, 1.165) is 38.5 Å². The van der Waals surface area contributed by atoms with Gasteiger partial charge in [-0.25, -0.2) is 0 Å². The van der Waals surface area contributed by atoms with Crippen molar-refractivity contribution >= 4 is 5.91 Å². The van der Waals surface area contributed by atoms with Gasteiger partial charge in [0.25, 0.3) is 0 Å². The molecule has 4 nitrogen and oxygen atoms in total. The molecular weight excluding hydrogens is 542 g/mol. The molecular formula is C40H75NO3. The van der Waals surface area contributed by atoms with Gasteiger partial charge in [-0.3, -0.25) is 4.79 Å². The van der Waals surface area contributed by atoms with Crippen molar-refractivity contribution in [2.45, 2.75) is 206 Å². The van der Waals surface area contributed by atoms with Gasteiger partial charge in [0, 0.05) is 6.42 Å². The molecule has 0 aliphatic rings. The molecule has 0 saturated carbocycles. The van der Waals surface area contributed by atoms with E-state index in [1.54, 1.807) is 6.08 Å². The van der Waals surface area contributed by atoms with Crippen molar-refractivity contribution in [1.82, 2.24) is 5.32 Å². The van der Waals surface area contributed by atoms with E-state index >= 15 is 0 Å². The van der Waals surface area contributed by atoms with E-state index < -0.39 is 12.1 Å². The Kier molecular flexibility index (Phi) is 34.9. The van der Waals surface area contributed by atoms with E-state index in [1.807, 2.05) is 6.08 Å². The molecule has 1 amide bonds. The summed E-state index contributed by atoms with van der Waals surface area (Å²) in [7, 11) is 0. The number of carbonyl (C=O) groups is 1. The van der Waals surface area contributed by atoms with Gasteiger partial charge in [0.15, 0.2) is 0 Å². The Bertz CT molecular complexity index is 672. The van der Waals surface area contributed by atoms with Gasteiger partial charge in [0.1, 0.15) is 0 Å². The van der Waals surface area contributed by atoms with Crippen molar-refractivity contribution in [1.29, 1.82) is 0 Å². The fourth-order valence-electron chi connectivity index (χ4n) is 5.62. The minimum atomic E-state index is -0.865. The first kappa shape index (κ1) is 42.6. The molecule has 0 aliphatic heterocycles. The van der Waals surface area contributed by atoms with Gasteiger partial charge in [-0.1, -0.05) is 179 Å². The topological polar surface area (TPSA) is 69.6 Å². The first-order valence-corrected chi connectivity index (χ1v) is 19.2. The number of amides is 1. The number of rotatable bonds is 34. The van der Waals surface area contributed by atoms with Crippen LogP contribution in [0.5, 0.6) is 0 Å². The molecule has 0 aliphatic carbocycles. The van der Waals surface area contributed by atoms with Gasteiger partial charge in [0.2, 0.25) is 5.91 Å². The lowest BCUT2D eigenvalue weighted by Crippen LogP contribution is -2.45. The quantitative estimate of drug-likeness (QED) is 0.0497. The van der Waals surface area contributed by atoms with E-state index in [4.69, 9.17) is 0 Å². The Balaban J connectivity index is 3.64. The summed E-state index contributed by atoms with van der Waals surface area (Å²) in [4.78, 5) is 12.3. The van der Waals surface area contributed by atoms with Crippen LogP contribution in [-0.4, -0.2) is 34.9 Å². The average molecular weight is 618 g/mol. The van der Waals surface area contributed by atoms with Crippen molar-refractivity contribution < 1.29 is 15.0 Å². The van der Waals surface area contributed by atoms with Crippen LogP contribution in [0.2, 0.25) is 0 Å². The lowest BCUT2D eigenvalue weighted by atomic mass is 10.0. The monoisotopic (exact) mass is 618 g/mol. The normalized spacial score (nSPS) is 13.5. The first-order valence-electron chi connectivity index (χ1n) is 19.2. The van der Waals surface area contributed by atoms with Gasteiger partial charge in [-0.15, -0.1) is 0 Å². The molecule has 0 aromatic carbocycles. The molecule has 2 atom stereocenters. The third-order valence-corrected chi connectivity index (χ3v) is 8.60. The molecule has 0 rings (SSSR count). The van der Waals surface area contributed by atoms with Crippen molar-refractivity contribution in [3.8, 4) is 0 Å². The van der Waals surface area contributed by atoms with Crippen LogP contribution in [0.15, 0.2) is 36.5 Å². The van der Waals surface area contributed by atoms with Crippen LogP contribution in [0.3, 0.4) is 0 Å². The van der Waals surface area contributed by atoms with Crippen LogP contribution in [0, 0.1) is 0 Å². The molecule has 0 saturated heterocycles. The maximum atomic E-state index is 12.3. The number of unbranched alkanes of at least 4 members (excludes halogenated alkanes) is 23. The summed E-state index contributed by atoms with van der Waals surface area (Å²) in [5, 5.41) is 22.9. The number of aliphatic hydroxyl groups excluding tert-OH is 2. The Hall–Kier alpha value is -1.39. The molecule has 2 unspecified atom stereocenters. The molecule has 4 heteroatoms. The zero-order chi connectivity index (χ0) is 32.2. The smallest absolute Gasteiger partial charge is 0.220 e. The lowest BCUT2D eigenvalue weighted by molar-refractivity contribution is -0.123. The molecule has 0 heterocycles. The maximum Gasteiger partial charge on any atom is 0.220 e. The summed E-state index contributed by atoms with van der Waals surface area (Å²) in [5.41, 5.74) is 0. The molecule has 0 aromatic rings. The van der Waals surface area contributed by atoms with Crippen LogP contribution in [0.4, 0.5) is 0 Å². The van der Waals surface area contributed by atoms with Crippen LogP contribution >= 0.6 is 0 Å². The van der Waals surface area contributed by atoms with Crippen molar-refractivity contribution in [2.75, 3.05) is 6.61 Å². The second-order valence-electron chi connectivity index (χ2n) is 13.0. The molecule has 0 radical (unpaired) electrons. The second kappa shape index (κ2) is 36.1. The van der Waals surface area contributed by atoms with Gasteiger partial charge in [-0.05, 0) is 44.9 Å². The molecule has 0 aromatic heterocycles. The van der Waals surface area contributed by atoms with Crippen molar-refractivity contribution in [3.63, 3.8) is 0 Å². The van der Waals surface area contributed by atoms with Gasteiger partial charge in [0.05, 0.1) is 18.8 Å². The molecule has 3 N–H and O–H groups in total. The van der Waals surface area contributed by atoms with E-state index in [9.17, 15) is 15.0 Å². The number of carbonyl (C=O) groups excluding carboxylic acids is 1. The Morgan fingerprint density at radius 2 is 0.886 bits per heavy atom. The standard InChI is InChI=1S/C40H75NO3/c1-3-5-7-9-11-13-15-17-19-20-21-22-24-26-28-30-32-34-36-40(44)41-38(37-42)39(43)35-33-31-29-27-25-23-18-16-14-12-10-8-6-4-2/h14,16,25,27,33,35,38-39,42-43H,3-13,15,17-24,26,28-32,34,36-37H2,1-2H3,(H,41,44)/b16-14+,27-25+,35-33+. The van der Waals surface area contributed by atoms with E-state index in [0.29, 0.717) is 6.42 Å². The predicted molar refractivity (Wildman–Crippen MR) is 193 cm³/mol. The largest absolute Gasteiger partial charge is 0.394 e. The fourth-order valence-corrected chi connectivity index (χ4v) is 5.62. The number of hydrogen-bond donors (Lipinski definition) is 3. The van der Waals surface area contributed by atoms with Gasteiger partial charge >= 0.3 is 0 Å². The first-order chi connectivity index (χ1) is 21.7. The van der Waals surface area contributed by atoms with Crippen LogP contribution < -0.4 is 5.32 Å². The minimum Gasteiger partial charge on any atom is -0.394 e. The fraction of sp³-hybridized carbons (Fsp3) is 0.825.